The van der Waals surface area contributed by atoms with Crippen LogP contribution in [0.1, 0.15) is 89.9 Å². The lowest BCUT2D eigenvalue weighted by atomic mass is 9.96. The summed E-state index contributed by atoms with van der Waals surface area (Å²) in [4.78, 5) is 9.71. The number of hydrogen-bond donors (Lipinski definition) is 1. The third kappa shape index (κ3) is 15.7. The summed E-state index contributed by atoms with van der Waals surface area (Å²) in [5, 5.41) is 0. The van der Waals surface area contributed by atoms with E-state index in [1.807, 2.05) is 21.1 Å². The van der Waals surface area contributed by atoms with Crippen LogP contribution in [0.15, 0.2) is 11.6 Å². The number of phosphoric acid groups is 1. The molecule has 0 aromatic rings. The van der Waals surface area contributed by atoms with Gasteiger partial charge in [0.1, 0.15) is 13.2 Å². The molecule has 1 rings (SSSR count). The van der Waals surface area contributed by atoms with Crippen LogP contribution in [-0.4, -0.2) is 50.3 Å². The monoisotopic (exact) mass is 418 g/mol. The molecule has 0 aromatic heterocycles. The first kappa shape index (κ1) is 25.8. The first-order valence-corrected chi connectivity index (χ1v) is 12.9. The van der Waals surface area contributed by atoms with Crippen molar-refractivity contribution in [1.29, 1.82) is 0 Å². The van der Waals surface area contributed by atoms with Gasteiger partial charge in [-0.15, -0.1) is 0 Å². The van der Waals surface area contributed by atoms with Gasteiger partial charge in [-0.3, -0.25) is 9.05 Å². The summed E-state index contributed by atoms with van der Waals surface area (Å²) in [7, 11) is 2.15. The fourth-order valence-electron chi connectivity index (χ4n) is 3.47. The maximum Gasteiger partial charge on any atom is 0.472 e. The molecule has 1 N–H and O–H groups in total. The highest BCUT2D eigenvalue weighted by atomic mass is 31.2. The lowest BCUT2D eigenvalue weighted by Gasteiger charge is -2.24. The van der Waals surface area contributed by atoms with Crippen LogP contribution in [0.4, 0.5) is 0 Å². The molecule has 0 spiro atoms. The summed E-state index contributed by atoms with van der Waals surface area (Å²) < 4.78 is 22.7. The van der Waals surface area contributed by atoms with Crippen molar-refractivity contribution in [1.82, 2.24) is 0 Å². The molecule has 166 valence electrons. The van der Waals surface area contributed by atoms with E-state index in [2.05, 4.69) is 6.08 Å². The van der Waals surface area contributed by atoms with Gasteiger partial charge < -0.3 is 9.38 Å². The van der Waals surface area contributed by atoms with E-state index in [0.717, 1.165) is 19.3 Å². The SMILES string of the molecule is C[N+](C)(C)CCOP(=O)(O)OCCCCC=C1CCCCCCCCCCC1. The zero-order chi connectivity index (χ0) is 20.7. The van der Waals surface area contributed by atoms with Gasteiger partial charge in [0.2, 0.25) is 0 Å². The molecule has 1 unspecified atom stereocenters. The Kier molecular flexibility index (Phi) is 13.6. The molecular formula is C22H45NO4P+. The predicted octanol–water partition coefficient (Wildman–Crippen LogP) is 6.23. The highest BCUT2D eigenvalue weighted by Gasteiger charge is 2.21. The van der Waals surface area contributed by atoms with E-state index in [0.29, 0.717) is 11.0 Å². The van der Waals surface area contributed by atoms with Gasteiger partial charge in [-0.05, 0) is 44.9 Å². The predicted molar refractivity (Wildman–Crippen MR) is 117 cm³/mol. The summed E-state index contributed by atoms with van der Waals surface area (Å²) >= 11 is 0. The second-order valence-corrected chi connectivity index (χ2v) is 10.6. The Morgan fingerprint density at radius 3 is 1.89 bits per heavy atom. The van der Waals surface area contributed by atoms with Gasteiger partial charge in [-0.25, -0.2) is 4.57 Å². The molecule has 1 saturated carbocycles. The molecule has 1 aliphatic carbocycles. The number of rotatable bonds is 10. The Bertz CT molecular complexity index is 460. The second-order valence-electron chi connectivity index (χ2n) is 9.19. The number of quaternary nitrogens is 1. The van der Waals surface area contributed by atoms with Crippen LogP contribution in [-0.2, 0) is 13.6 Å². The van der Waals surface area contributed by atoms with Crippen molar-refractivity contribution >= 4 is 7.82 Å². The summed E-state index contributed by atoms with van der Waals surface area (Å²) in [6.07, 6.45) is 20.1. The number of phosphoric ester groups is 1. The maximum atomic E-state index is 11.9. The average Bonchev–Trinajstić information content (AvgIpc) is 2.58. The quantitative estimate of drug-likeness (QED) is 0.198. The van der Waals surface area contributed by atoms with Crippen molar-refractivity contribution in [2.24, 2.45) is 0 Å². The minimum absolute atomic E-state index is 0.226. The number of allylic oxidation sites excluding steroid dienone is 2. The number of hydrogen-bond acceptors (Lipinski definition) is 3. The molecule has 1 atom stereocenters. The summed E-state index contributed by atoms with van der Waals surface area (Å²) in [5.74, 6) is 0. The molecule has 6 heteroatoms. The molecule has 28 heavy (non-hydrogen) atoms. The van der Waals surface area contributed by atoms with Crippen molar-refractivity contribution in [3.05, 3.63) is 11.6 Å². The van der Waals surface area contributed by atoms with Crippen molar-refractivity contribution in [3.8, 4) is 0 Å². The van der Waals surface area contributed by atoms with E-state index in [-0.39, 0.29) is 13.2 Å². The molecule has 0 saturated heterocycles. The molecule has 0 amide bonds. The number of nitrogens with zero attached hydrogens (tertiary/aromatic N) is 1. The fraction of sp³-hybridized carbons (Fsp3) is 0.909. The Balaban J connectivity index is 2.19. The van der Waals surface area contributed by atoms with E-state index >= 15 is 0 Å². The number of unbranched alkanes of at least 4 members (excludes halogenated alkanes) is 2. The molecule has 0 aliphatic heterocycles. The Hall–Kier alpha value is -0.190. The zero-order valence-electron chi connectivity index (χ0n) is 18.7. The molecule has 0 bridgehead atoms. The smallest absolute Gasteiger partial charge is 0.329 e. The first-order valence-electron chi connectivity index (χ1n) is 11.4. The van der Waals surface area contributed by atoms with Crippen molar-refractivity contribution in [2.75, 3.05) is 40.9 Å². The van der Waals surface area contributed by atoms with Gasteiger partial charge in [0.05, 0.1) is 27.7 Å². The molecule has 1 aliphatic rings. The van der Waals surface area contributed by atoms with Gasteiger partial charge in [0, 0.05) is 0 Å². The standard InChI is InChI=1S/C22H44NO4P/c1-23(2,3)19-21-27-28(24,25)26-20-15-11-14-18-22-16-12-9-7-5-4-6-8-10-13-17-22/h18H,4-17,19-21H2,1-3H3/p+1. The van der Waals surface area contributed by atoms with Gasteiger partial charge in [0.15, 0.2) is 0 Å². The van der Waals surface area contributed by atoms with Crippen LogP contribution in [0.2, 0.25) is 0 Å². The average molecular weight is 419 g/mol. The van der Waals surface area contributed by atoms with Gasteiger partial charge >= 0.3 is 7.82 Å². The fourth-order valence-corrected chi connectivity index (χ4v) is 4.22. The molecule has 0 radical (unpaired) electrons. The Morgan fingerprint density at radius 1 is 0.857 bits per heavy atom. The third-order valence-corrected chi connectivity index (χ3v) is 6.32. The topological polar surface area (TPSA) is 55.8 Å². The van der Waals surface area contributed by atoms with Gasteiger partial charge in [0.25, 0.3) is 0 Å². The molecule has 1 fully saturated rings. The lowest BCUT2D eigenvalue weighted by molar-refractivity contribution is -0.870. The van der Waals surface area contributed by atoms with Gasteiger partial charge in [-0.1, -0.05) is 56.6 Å². The van der Waals surface area contributed by atoms with Crippen LogP contribution >= 0.6 is 7.82 Å². The lowest BCUT2D eigenvalue weighted by Crippen LogP contribution is -2.37. The summed E-state index contributed by atoms with van der Waals surface area (Å²) in [6, 6.07) is 0. The van der Waals surface area contributed by atoms with E-state index in [1.54, 1.807) is 5.57 Å². The molecular weight excluding hydrogens is 373 g/mol. The van der Waals surface area contributed by atoms with Crippen molar-refractivity contribution in [3.63, 3.8) is 0 Å². The second kappa shape index (κ2) is 14.7. The first-order chi connectivity index (χ1) is 13.3. The Labute approximate surface area is 173 Å². The van der Waals surface area contributed by atoms with E-state index in [4.69, 9.17) is 9.05 Å². The largest absolute Gasteiger partial charge is 0.472 e. The van der Waals surface area contributed by atoms with E-state index in [9.17, 15) is 9.46 Å². The van der Waals surface area contributed by atoms with E-state index < -0.39 is 7.82 Å². The highest BCUT2D eigenvalue weighted by Crippen LogP contribution is 2.43. The highest BCUT2D eigenvalue weighted by molar-refractivity contribution is 7.47. The third-order valence-electron chi connectivity index (χ3n) is 5.30. The molecule has 0 heterocycles. The minimum atomic E-state index is -3.91. The molecule has 0 aromatic carbocycles. The van der Waals surface area contributed by atoms with Crippen LogP contribution in [0, 0.1) is 0 Å². The van der Waals surface area contributed by atoms with Crippen LogP contribution in [0.25, 0.3) is 0 Å². The minimum Gasteiger partial charge on any atom is -0.329 e. The van der Waals surface area contributed by atoms with Crippen molar-refractivity contribution in [2.45, 2.75) is 89.9 Å². The maximum absolute atomic E-state index is 11.9. The summed E-state index contributed by atoms with van der Waals surface area (Å²) in [5.41, 5.74) is 1.62. The molecule has 5 nitrogen and oxygen atoms in total. The van der Waals surface area contributed by atoms with Gasteiger partial charge in [-0.2, -0.15) is 0 Å². The zero-order valence-corrected chi connectivity index (χ0v) is 19.6. The van der Waals surface area contributed by atoms with Crippen LogP contribution in [0.3, 0.4) is 0 Å². The normalized spacial score (nSPS) is 20.1. The van der Waals surface area contributed by atoms with Crippen molar-refractivity contribution < 1.29 is 23.0 Å². The van der Waals surface area contributed by atoms with Crippen LogP contribution in [0.5, 0.6) is 0 Å². The van der Waals surface area contributed by atoms with Crippen LogP contribution < -0.4 is 0 Å². The number of likely N-dealkylation sites (N-methyl/N-ethyl adjacent to an activating group) is 1. The summed E-state index contributed by atoms with van der Waals surface area (Å²) in [6.45, 7) is 1.17. The van der Waals surface area contributed by atoms with E-state index in [1.165, 1.54) is 70.6 Å². The Morgan fingerprint density at radius 2 is 1.36 bits per heavy atom.